The number of carboxylic acid groups (broad SMARTS) is 1. The van der Waals surface area contributed by atoms with E-state index >= 15 is 0 Å². The number of carbonyl (C=O) groups excluding carboxylic acids is 2. The number of anilines is 1. The van der Waals surface area contributed by atoms with Crippen molar-refractivity contribution in [3.05, 3.63) is 72.6 Å². The molecule has 1 saturated heterocycles. The molecule has 0 saturated carbocycles. The van der Waals surface area contributed by atoms with Crippen molar-refractivity contribution in [3.8, 4) is 0 Å². The van der Waals surface area contributed by atoms with E-state index in [1.807, 2.05) is 0 Å². The van der Waals surface area contributed by atoms with Crippen LogP contribution >= 0.6 is 0 Å². The maximum atomic E-state index is 13.0. The van der Waals surface area contributed by atoms with Crippen LogP contribution in [0.25, 0.3) is 0 Å². The highest BCUT2D eigenvalue weighted by atomic mass is 32.2. The number of nitrogens with one attached hydrogen (secondary N) is 3. The molecule has 3 rings (SSSR count). The molecule has 2 aromatic rings. The lowest BCUT2D eigenvalue weighted by atomic mass is 10.0. The molecule has 0 bridgehead atoms. The van der Waals surface area contributed by atoms with Crippen molar-refractivity contribution in [1.82, 2.24) is 14.9 Å². The minimum atomic E-state index is -3.90. The molecule has 0 aliphatic carbocycles. The Morgan fingerprint density at radius 2 is 1.78 bits per heavy atom. The second kappa shape index (κ2) is 11.7. The summed E-state index contributed by atoms with van der Waals surface area (Å²) in [6.07, 6.45) is 0.761. The summed E-state index contributed by atoms with van der Waals surface area (Å²) >= 11 is 0. The molecule has 6 N–H and O–H groups in total. The predicted octanol–water partition coefficient (Wildman–Crippen LogP) is 0.610. The number of hydrogen-bond acceptors (Lipinski definition) is 7. The smallest absolute Gasteiger partial charge is 0.326 e. The van der Waals surface area contributed by atoms with Gasteiger partial charge in [0.05, 0.1) is 17.3 Å². The van der Waals surface area contributed by atoms with Gasteiger partial charge in [-0.2, -0.15) is 4.31 Å². The second-order valence-electron chi connectivity index (χ2n) is 8.31. The van der Waals surface area contributed by atoms with Gasteiger partial charge < -0.3 is 26.8 Å². The fraction of sp³-hybridized carbons (Fsp3) is 0.292. The van der Waals surface area contributed by atoms with Crippen molar-refractivity contribution in [1.29, 1.82) is 0 Å². The standard InChI is InChI=1S/C24H29N5O6S/c1-16(25)26-15-22(30)27-18-11-9-17(10-12-18)14-20(24(32)33)28-23(31)21-8-5-13-29(21)36(34,35)19-6-3-2-4-7-19/h2-4,6-7,9-12,20-21,26H,1,5,8,13-15,25H2,(H,27,30)(H,28,31)(H,32,33). The van der Waals surface area contributed by atoms with Crippen LogP contribution in [0.4, 0.5) is 5.69 Å². The summed E-state index contributed by atoms with van der Waals surface area (Å²) in [6.45, 7) is 3.56. The minimum absolute atomic E-state index is 0.0258. The van der Waals surface area contributed by atoms with Crippen LogP contribution in [0.3, 0.4) is 0 Å². The van der Waals surface area contributed by atoms with Crippen molar-refractivity contribution in [2.24, 2.45) is 5.73 Å². The van der Waals surface area contributed by atoms with Gasteiger partial charge in [-0.15, -0.1) is 0 Å². The summed E-state index contributed by atoms with van der Waals surface area (Å²) in [4.78, 5) is 36.8. The van der Waals surface area contributed by atoms with Crippen molar-refractivity contribution < 1.29 is 27.9 Å². The maximum Gasteiger partial charge on any atom is 0.326 e. The van der Waals surface area contributed by atoms with Gasteiger partial charge in [-0.1, -0.05) is 36.9 Å². The summed E-state index contributed by atoms with van der Waals surface area (Å²) in [5.41, 5.74) is 6.46. The molecule has 0 spiro atoms. The van der Waals surface area contributed by atoms with Gasteiger partial charge in [0.25, 0.3) is 0 Å². The molecule has 1 heterocycles. The maximum absolute atomic E-state index is 13.0. The van der Waals surface area contributed by atoms with E-state index in [0.29, 0.717) is 24.1 Å². The van der Waals surface area contributed by atoms with E-state index in [-0.39, 0.29) is 36.1 Å². The SMILES string of the molecule is C=C(N)NCC(=O)Nc1ccc(CC(NC(=O)C2CCCN2S(=O)(=O)c2ccccc2)C(=O)O)cc1. The zero-order valence-corrected chi connectivity index (χ0v) is 20.3. The molecule has 192 valence electrons. The Morgan fingerprint density at radius 3 is 2.39 bits per heavy atom. The highest BCUT2D eigenvalue weighted by Gasteiger charge is 2.40. The van der Waals surface area contributed by atoms with Gasteiger partial charge in [-0.25, -0.2) is 13.2 Å². The van der Waals surface area contributed by atoms with Gasteiger partial charge in [-0.3, -0.25) is 9.59 Å². The minimum Gasteiger partial charge on any atom is -0.480 e. The molecule has 2 amide bonds. The quantitative estimate of drug-likeness (QED) is 0.290. The van der Waals surface area contributed by atoms with Gasteiger partial charge in [0.15, 0.2) is 0 Å². The van der Waals surface area contributed by atoms with Crippen LogP contribution in [0.1, 0.15) is 18.4 Å². The molecule has 0 aromatic heterocycles. The Hall–Kier alpha value is -3.90. The van der Waals surface area contributed by atoms with Gasteiger partial charge in [0.2, 0.25) is 21.8 Å². The van der Waals surface area contributed by atoms with Gasteiger partial charge in [0, 0.05) is 18.7 Å². The van der Waals surface area contributed by atoms with Crippen molar-refractivity contribution in [3.63, 3.8) is 0 Å². The topological polar surface area (TPSA) is 171 Å². The van der Waals surface area contributed by atoms with E-state index < -0.39 is 34.0 Å². The number of nitrogens with two attached hydrogens (primary N) is 1. The summed E-state index contributed by atoms with van der Waals surface area (Å²) in [5, 5.41) is 17.4. The number of sulfonamides is 1. The summed E-state index contributed by atoms with van der Waals surface area (Å²) in [6, 6.07) is 12.0. The molecule has 2 aromatic carbocycles. The fourth-order valence-corrected chi connectivity index (χ4v) is 5.52. The third-order valence-electron chi connectivity index (χ3n) is 5.62. The zero-order valence-electron chi connectivity index (χ0n) is 19.5. The van der Waals surface area contributed by atoms with Gasteiger partial charge in [0.1, 0.15) is 12.1 Å². The first-order valence-electron chi connectivity index (χ1n) is 11.2. The Balaban J connectivity index is 1.64. The Labute approximate surface area is 209 Å². The molecular formula is C24H29N5O6S. The largest absolute Gasteiger partial charge is 0.480 e. The summed E-state index contributed by atoms with van der Waals surface area (Å²) in [5.74, 6) is -2.07. The number of carboxylic acids is 1. The summed E-state index contributed by atoms with van der Waals surface area (Å²) < 4.78 is 27.2. The zero-order chi connectivity index (χ0) is 26.3. The molecule has 1 aliphatic heterocycles. The Morgan fingerprint density at radius 1 is 1.11 bits per heavy atom. The average Bonchev–Trinajstić information content (AvgIpc) is 3.35. The molecule has 11 nitrogen and oxygen atoms in total. The van der Waals surface area contributed by atoms with E-state index in [1.165, 1.54) is 12.1 Å². The van der Waals surface area contributed by atoms with Crippen LogP contribution in [0, 0.1) is 0 Å². The summed E-state index contributed by atoms with van der Waals surface area (Å²) in [7, 11) is -3.90. The first-order valence-corrected chi connectivity index (χ1v) is 12.7. The highest BCUT2D eigenvalue weighted by molar-refractivity contribution is 7.89. The van der Waals surface area contributed by atoms with E-state index in [4.69, 9.17) is 5.73 Å². The highest BCUT2D eigenvalue weighted by Crippen LogP contribution is 2.26. The van der Waals surface area contributed by atoms with Crippen LogP contribution in [0.2, 0.25) is 0 Å². The van der Waals surface area contributed by atoms with Crippen LogP contribution in [0.15, 0.2) is 71.9 Å². The van der Waals surface area contributed by atoms with E-state index in [0.717, 1.165) is 4.31 Å². The van der Waals surface area contributed by atoms with Crippen molar-refractivity contribution in [2.45, 2.75) is 36.2 Å². The fourth-order valence-electron chi connectivity index (χ4n) is 3.84. The van der Waals surface area contributed by atoms with Crippen LogP contribution in [-0.4, -0.2) is 60.8 Å². The molecule has 0 radical (unpaired) electrons. The third kappa shape index (κ3) is 6.83. The lowest BCUT2D eigenvalue weighted by Crippen LogP contribution is -2.51. The molecule has 36 heavy (non-hydrogen) atoms. The number of nitrogens with zero attached hydrogens (tertiary/aromatic N) is 1. The van der Waals surface area contributed by atoms with E-state index in [1.54, 1.807) is 42.5 Å². The van der Waals surface area contributed by atoms with Crippen LogP contribution in [0.5, 0.6) is 0 Å². The Kier molecular flexibility index (Phi) is 8.67. The van der Waals surface area contributed by atoms with Crippen LogP contribution < -0.4 is 21.7 Å². The first-order chi connectivity index (χ1) is 17.1. The average molecular weight is 516 g/mol. The first kappa shape index (κ1) is 26.7. The predicted molar refractivity (Wildman–Crippen MR) is 133 cm³/mol. The molecule has 12 heteroatoms. The lowest BCUT2D eigenvalue weighted by Gasteiger charge is -2.25. The number of aliphatic carboxylic acids is 1. The third-order valence-corrected chi connectivity index (χ3v) is 7.55. The Bertz CT molecular complexity index is 1220. The number of rotatable bonds is 11. The monoisotopic (exact) mass is 515 g/mol. The normalized spacial score (nSPS) is 16.6. The molecule has 2 atom stereocenters. The number of carbonyl (C=O) groups is 3. The van der Waals surface area contributed by atoms with Gasteiger partial charge >= 0.3 is 5.97 Å². The molecule has 1 fully saturated rings. The molecular weight excluding hydrogens is 486 g/mol. The van der Waals surface area contributed by atoms with Crippen molar-refractivity contribution >= 4 is 33.5 Å². The van der Waals surface area contributed by atoms with E-state index in [2.05, 4.69) is 22.5 Å². The van der Waals surface area contributed by atoms with Crippen LogP contribution in [-0.2, 0) is 30.8 Å². The molecule has 1 aliphatic rings. The molecule has 2 unspecified atom stereocenters. The van der Waals surface area contributed by atoms with E-state index in [9.17, 15) is 27.9 Å². The number of benzene rings is 2. The lowest BCUT2D eigenvalue weighted by molar-refractivity contribution is -0.142. The van der Waals surface area contributed by atoms with Gasteiger partial charge in [-0.05, 0) is 42.7 Å². The van der Waals surface area contributed by atoms with Crippen molar-refractivity contribution in [2.75, 3.05) is 18.4 Å². The number of amides is 2. The number of hydrogen-bond donors (Lipinski definition) is 5. The second-order valence-corrected chi connectivity index (χ2v) is 10.2.